The van der Waals surface area contributed by atoms with Crippen LogP contribution in [-0.2, 0) is 14.3 Å². The largest absolute Gasteiger partial charge is 0.433 e. The lowest BCUT2D eigenvalue weighted by molar-refractivity contribution is -0.126. The molecule has 0 bridgehead atoms. The van der Waals surface area contributed by atoms with Crippen molar-refractivity contribution in [2.24, 2.45) is 11.7 Å². The van der Waals surface area contributed by atoms with Crippen LogP contribution in [0.1, 0.15) is 13.8 Å². The molecule has 1 aromatic carbocycles. The number of rotatable bonds is 9. The standard InChI is InChI=1S/C19H28F2N4O4/c1-12(2)10-24(3)15(9-22)18(27)23-13-4-5-14(16(8-13)29-19(20)21)25-6-7-28-11-17(25)26/h4-5,8,12,15,19H,6-7,9-11,22H2,1-3H3,(H,23,27)/t15-/m0/s1. The molecule has 1 aliphatic heterocycles. The van der Waals surface area contributed by atoms with Crippen molar-refractivity contribution < 1.29 is 27.8 Å². The number of hydrogen-bond donors (Lipinski definition) is 2. The Morgan fingerprint density at radius 1 is 1.41 bits per heavy atom. The number of alkyl halides is 2. The lowest BCUT2D eigenvalue weighted by Gasteiger charge is -2.29. The summed E-state index contributed by atoms with van der Waals surface area (Å²) in [5.74, 6) is -0.564. The van der Waals surface area contributed by atoms with Crippen molar-refractivity contribution in [1.82, 2.24) is 4.90 Å². The minimum Gasteiger partial charge on any atom is -0.433 e. The first-order chi connectivity index (χ1) is 13.7. The first kappa shape index (κ1) is 23.0. The number of ether oxygens (including phenoxy) is 2. The second-order valence-corrected chi connectivity index (χ2v) is 7.23. The third kappa shape index (κ3) is 6.34. The van der Waals surface area contributed by atoms with Crippen molar-refractivity contribution in [3.8, 4) is 5.75 Å². The molecule has 162 valence electrons. The highest BCUT2D eigenvalue weighted by Crippen LogP contribution is 2.33. The Bertz CT molecular complexity index is 717. The van der Waals surface area contributed by atoms with E-state index in [1.807, 2.05) is 18.7 Å². The Morgan fingerprint density at radius 2 is 2.14 bits per heavy atom. The van der Waals surface area contributed by atoms with E-state index in [0.717, 1.165) is 0 Å². The number of morpholine rings is 1. The molecule has 1 aliphatic rings. The van der Waals surface area contributed by atoms with E-state index >= 15 is 0 Å². The zero-order valence-electron chi connectivity index (χ0n) is 16.9. The molecule has 0 unspecified atom stereocenters. The molecule has 2 amide bonds. The molecule has 1 aromatic rings. The fourth-order valence-electron chi connectivity index (χ4n) is 3.19. The lowest BCUT2D eigenvalue weighted by atomic mass is 10.1. The van der Waals surface area contributed by atoms with Crippen LogP contribution in [0.2, 0.25) is 0 Å². The SMILES string of the molecule is CC(C)CN(C)[C@@H](CN)C(=O)Nc1ccc(N2CCOCC2=O)c(OC(F)F)c1. The summed E-state index contributed by atoms with van der Waals surface area (Å²) in [6.07, 6.45) is 0. The van der Waals surface area contributed by atoms with Crippen LogP contribution in [0.3, 0.4) is 0 Å². The van der Waals surface area contributed by atoms with Gasteiger partial charge in [-0.05, 0) is 25.1 Å². The van der Waals surface area contributed by atoms with Crippen LogP contribution >= 0.6 is 0 Å². The van der Waals surface area contributed by atoms with Gasteiger partial charge in [0.25, 0.3) is 5.91 Å². The number of nitrogens with one attached hydrogen (secondary N) is 1. The summed E-state index contributed by atoms with van der Waals surface area (Å²) in [6, 6.07) is 3.70. The zero-order valence-corrected chi connectivity index (χ0v) is 16.9. The molecule has 0 saturated carbocycles. The monoisotopic (exact) mass is 414 g/mol. The summed E-state index contributed by atoms with van der Waals surface area (Å²) >= 11 is 0. The Kier molecular flexibility index (Phi) is 8.30. The molecule has 2 rings (SSSR count). The maximum atomic E-state index is 12.9. The van der Waals surface area contributed by atoms with E-state index < -0.39 is 12.7 Å². The van der Waals surface area contributed by atoms with Crippen molar-refractivity contribution in [3.05, 3.63) is 18.2 Å². The fourth-order valence-corrected chi connectivity index (χ4v) is 3.19. The van der Waals surface area contributed by atoms with Gasteiger partial charge in [0.2, 0.25) is 5.91 Å². The van der Waals surface area contributed by atoms with E-state index in [-0.39, 0.29) is 48.6 Å². The molecular formula is C19H28F2N4O4. The predicted molar refractivity (Wildman–Crippen MR) is 105 cm³/mol. The Labute approximate surface area is 168 Å². The van der Waals surface area contributed by atoms with Crippen LogP contribution in [0.4, 0.5) is 20.2 Å². The van der Waals surface area contributed by atoms with E-state index in [2.05, 4.69) is 10.1 Å². The number of nitrogens with zero attached hydrogens (tertiary/aromatic N) is 2. The quantitative estimate of drug-likeness (QED) is 0.636. The number of benzene rings is 1. The topological polar surface area (TPSA) is 97.1 Å². The van der Waals surface area contributed by atoms with Crippen LogP contribution in [0.15, 0.2) is 18.2 Å². The molecule has 0 aromatic heterocycles. The summed E-state index contributed by atoms with van der Waals surface area (Å²) in [6.45, 7) is 2.14. The van der Waals surface area contributed by atoms with Crippen LogP contribution in [-0.4, -0.2) is 69.3 Å². The van der Waals surface area contributed by atoms with Crippen molar-refractivity contribution in [3.63, 3.8) is 0 Å². The van der Waals surface area contributed by atoms with Gasteiger partial charge in [-0.3, -0.25) is 14.5 Å². The molecule has 0 radical (unpaired) electrons. The van der Waals surface area contributed by atoms with Crippen LogP contribution in [0, 0.1) is 5.92 Å². The number of carbonyl (C=O) groups is 2. The molecule has 10 heteroatoms. The molecule has 1 heterocycles. The highest BCUT2D eigenvalue weighted by atomic mass is 19.3. The Balaban J connectivity index is 2.22. The van der Waals surface area contributed by atoms with Gasteiger partial charge in [0.05, 0.1) is 12.3 Å². The van der Waals surface area contributed by atoms with Gasteiger partial charge in [-0.15, -0.1) is 0 Å². The number of carbonyl (C=O) groups excluding carboxylic acids is 2. The minimum atomic E-state index is -3.08. The van der Waals surface area contributed by atoms with Crippen LogP contribution < -0.4 is 20.7 Å². The van der Waals surface area contributed by atoms with Crippen LogP contribution in [0.25, 0.3) is 0 Å². The van der Waals surface area contributed by atoms with Gasteiger partial charge in [-0.1, -0.05) is 13.8 Å². The predicted octanol–water partition coefficient (Wildman–Crippen LogP) is 1.50. The van der Waals surface area contributed by atoms with Gasteiger partial charge in [-0.2, -0.15) is 8.78 Å². The zero-order chi connectivity index (χ0) is 21.6. The number of nitrogens with two attached hydrogens (primary N) is 1. The Morgan fingerprint density at radius 3 is 2.72 bits per heavy atom. The summed E-state index contributed by atoms with van der Waals surface area (Å²) in [7, 11) is 1.80. The fraction of sp³-hybridized carbons (Fsp3) is 0.579. The van der Waals surface area contributed by atoms with Gasteiger partial charge in [0.1, 0.15) is 12.6 Å². The van der Waals surface area contributed by atoms with E-state index in [0.29, 0.717) is 19.1 Å². The summed E-state index contributed by atoms with van der Waals surface area (Å²) in [5.41, 5.74) is 6.22. The molecular weight excluding hydrogens is 386 g/mol. The van der Waals surface area contributed by atoms with Gasteiger partial charge >= 0.3 is 6.61 Å². The summed E-state index contributed by atoms with van der Waals surface area (Å²) in [4.78, 5) is 27.9. The smallest absolute Gasteiger partial charge is 0.387 e. The third-order valence-electron chi connectivity index (χ3n) is 4.43. The maximum Gasteiger partial charge on any atom is 0.387 e. The van der Waals surface area contributed by atoms with Crippen molar-refractivity contribution >= 4 is 23.2 Å². The molecule has 8 nitrogen and oxygen atoms in total. The van der Waals surface area contributed by atoms with Gasteiger partial charge in [0.15, 0.2) is 5.75 Å². The van der Waals surface area contributed by atoms with Crippen LogP contribution in [0.5, 0.6) is 5.75 Å². The maximum absolute atomic E-state index is 12.9. The number of hydrogen-bond acceptors (Lipinski definition) is 6. The van der Waals surface area contributed by atoms with Crippen molar-refractivity contribution in [2.45, 2.75) is 26.5 Å². The van der Waals surface area contributed by atoms with Gasteiger partial charge in [0, 0.05) is 31.4 Å². The molecule has 29 heavy (non-hydrogen) atoms. The number of likely N-dealkylation sites (N-methyl/N-ethyl adjacent to an activating group) is 1. The minimum absolute atomic E-state index is 0.107. The van der Waals surface area contributed by atoms with Gasteiger partial charge < -0.3 is 25.4 Å². The van der Waals surface area contributed by atoms with Crippen molar-refractivity contribution in [1.29, 1.82) is 0 Å². The third-order valence-corrected chi connectivity index (χ3v) is 4.43. The van der Waals surface area contributed by atoms with E-state index in [1.54, 1.807) is 7.05 Å². The lowest BCUT2D eigenvalue weighted by Crippen LogP contribution is -2.48. The summed E-state index contributed by atoms with van der Waals surface area (Å²) < 4.78 is 35.5. The molecule has 0 aliphatic carbocycles. The first-order valence-electron chi connectivity index (χ1n) is 9.41. The first-order valence-corrected chi connectivity index (χ1v) is 9.41. The molecule has 1 atom stereocenters. The normalized spacial score (nSPS) is 15.9. The highest BCUT2D eigenvalue weighted by molar-refractivity contribution is 5.98. The number of anilines is 2. The molecule has 3 N–H and O–H groups in total. The average molecular weight is 414 g/mol. The van der Waals surface area contributed by atoms with E-state index in [4.69, 9.17) is 10.5 Å². The second-order valence-electron chi connectivity index (χ2n) is 7.23. The highest BCUT2D eigenvalue weighted by Gasteiger charge is 2.26. The molecule has 1 fully saturated rings. The van der Waals surface area contributed by atoms with E-state index in [9.17, 15) is 18.4 Å². The van der Waals surface area contributed by atoms with E-state index in [1.165, 1.54) is 23.1 Å². The number of halogens is 2. The molecule has 0 spiro atoms. The van der Waals surface area contributed by atoms with Gasteiger partial charge in [-0.25, -0.2) is 0 Å². The number of amides is 2. The average Bonchev–Trinajstić information content (AvgIpc) is 2.62. The Hall–Kier alpha value is -2.30. The molecule has 1 saturated heterocycles. The summed E-state index contributed by atoms with van der Waals surface area (Å²) in [5, 5.41) is 2.69. The second kappa shape index (κ2) is 10.5. The van der Waals surface area contributed by atoms with Crippen molar-refractivity contribution in [2.75, 3.05) is 50.1 Å².